The summed E-state index contributed by atoms with van der Waals surface area (Å²) >= 11 is 0. The van der Waals surface area contributed by atoms with Crippen LogP contribution in [0.2, 0.25) is 0 Å². The normalized spacial score (nSPS) is 23.4. The maximum atomic E-state index is 12.6. The zero-order chi connectivity index (χ0) is 25.1. The summed E-state index contributed by atoms with van der Waals surface area (Å²) < 4.78 is 77.7. The molecule has 2 fully saturated rings. The number of pyridine rings is 1. The first-order valence-electron chi connectivity index (χ1n) is 11.3. The van der Waals surface area contributed by atoms with E-state index in [2.05, 4.69) is 9.72 Å². The molecule has 0 radical (unpaired) electrons. The fourth-order valence-electron chi connectivity index (χ4n) is 4.06. The first-order valence-corrected chi connectivity index (χ1v) is 13.2. The summed E-state index contributed by atoms with van der Waals surface area (Å²) in [6.45, 7) is 3.12. The van der Waals surface area contributed by atoms with Gasteiger partial charge in [0.15, 0.2) is 21.0 Å². The molecule has 1 aliphatic carbocycles. The van der Waals surface area contributed by atoms with Crippen molar-refractivity contribution in [1.29, 1.82) is 0 Å². The molecule has 1 aromatic rings. The molecule has 1 amide bonds. The van der Waals surface area contributed by atoms with Crippen LogP contribution in [0, 0.1) is 6.92 Å². The second-order valence-corrected chi connectivity index (χ2v) is 10.9. The number of rotatable bonds is 6. The highest BCUT2D eigenvalue weighted by Crippen LogP contribution is 2.30. The van der Waals surface area contributed by atoms with Crippen LogP contribution in [0.1, 0.15) is 51.1 Å². The van der Waals surface area contributed by atoms with Crippen molar-refractivity contribution < 1.29 is 40.6 Å². The van der Waals surface area contributed by atoms with Crippen LogP contribution in [0.3, 0.4) is 0 Å². The molecule has 2 aliphatic rings. The molecule has 1 aliphatic heterocycles. The number of ether oxygens (including phenoxy) is 3. The smallest absolute Gasteiger partial charge is 0.425 e. The van der Waals surface area contributed by atoms with Gasteiger partial charge in [-0.25, -0.2) is 18.2 Å². The number of hydrogen-bond donors (Lipinski definition) is 0. The molecular formula is C22H31F3N2O6S. The number of hydrogen-bond acceptors (Lipinski definition) is 7. The molecule has 0 N–H and O–H groups in total. The molecule has 3 rings (SSSR count). The fraction of sp³-hybridized carbons (Fsp3) is 0.727. The molecule has 1 aromatic heterocycles. The molecule has 34 heavy (non-hydrogen) atoms. The highest BCUT2D eigenvalue weighted by Gasteiger charge is 2.40. The molecule has 192 valence electrons. The van der Waals surface area contributed by atoms with Gasteiger partial charge >= 0.3 is 12.3 Å². The molecular weight excluding hydrogens is 477 g/mol. The summed E-state index contributed by atoms with van der Waals surface area (Å²) in [5.41, 5.74) is 0.524. The molecule has 0 aromatic carbocycles. The van der Waals surface area contributed by atoms with Crippen LogP contribution in [-0.2, 0) is 19.3 Å². The predicted molar refractivity (Wildman–Crippen MR) is 116 cm³/mol. The zero-order valence-electron chi connectivity index (χ0n) is 19.5. The van der Waals surface area contributed by atoms with E-state index in [4.69, 9.17) is 9.47 Å². The topological polar surface area (TPSA) is 95.0 Å². The molecule has 1 atom stereocenters. The number of carbonyl (C=O) groups is 1. The maximum absolute atomic E-state index is 12.6. The van der Waals surface area contributed by atoms with Gasteiger partial charge in [0.2, 0.25) is 0 Å². The molecule has 12 heteroatoms. The van der Waals surface area contributed by atoms with Crippen molar-refractivity contribution in [3.8, 4) is 5.75 Å². The van der Waals surface area contributed by atoms with E-state index in [0.29, 0.717) is 37.4 Å². The van der Waals surface area contributed by atoms with Crippen molar-refractivity contribution in [3.63, 3.8) is 0 Å². The fourth-order valence-corrected chi connectivity index (χ4v) is 4.68. The maximum Gasteiger partial charge on any atom is 0.425 e. The minimum absolute atomic E-state index is 0.0170. The largest absolute Gasteiger partial charge is 0.489 e. The lowest BCUT2D eigenvalue weighted by atomic mass is 9.94. The lowest BCUT2D eigenvalue weighted by molar-refractivity contribution is -0.200. The van der Waals surface area contributed by atoms with E-state index in [-0.39, 0.29) is 23.3 Å². The van der Waals surface area contributed by atoms with Crippen molar-refractivity contribution in [2.75, 3.05) is 19.3 Å². The summed E-state index contributed by atoms with van der Waals surface area (Å²) in [7, 11) is -3.37. The van der Waals surface area contributed by atoms with Crippen LogP contribution < -0.4 is 4.74 Å². The summed E-state index contributed by atoms with van der Waals surface area (Å²) in [4.78, 5) is 17.4. The molecule has 0 spiro atoms. The third kappa shape index (κ3) is 7.21. The van der Waals surface area contributed by atoms with Crippen molar-refractivity contribution >= 4 is 15.9 Å². The highest BCUT2D eigenvalue weighted by molar-refractivity contribution is 7.90. The molecule has 8 nitrogen and oxygen atoms in total. The Balaban J connectivity index is 1.40. The molecule has 1 saturated carbocycles. The molecule has 2 heterocycles. The van der Waals surface area contributed by atoms with Gasteiger partial charge in [-0.3, -0.25) is 0 Å². The Kier molecular flexibility index (Phi) is 8.33. The lowest BCUT2D eigenvalue weighted by Crippen LogP contribution is -2.44. The number of carbonyl (C=O) groups excluding carboxylic acids is 1. The van der Waals surface area contributed by atoms with Crippen LogP contribution in [0.5, 0.6) is 5.75 Å². The minimum atomic E-state index is -4.57. The van der Waals surface area contributed by atoms with Gasteiger partial charge in [-0.2, -0.15) is 13.2 Å². The van der Waals surface area contributed by atoms with Crippen molar-refractivity contribution in [2.24, 2.45) is 0 Å². The van der Waals surface area contributed by atoms with E-state index in [1.54, 1.807) is 13.0 Å². The standard InChI is InChI=1S/C22H31F3N2O6S/c1-14-19(8-9-20(26-14)34(3,29)30)33-17-6-4-16(5-7-17)32-18-10-12-27(13-11-18)21(28)31-15(2)22(23,24)25/h8-9,15-18H,4-7,10-13H2,1-3H3. The average Bonchev–Trinajstić information content (AvgIpc) is 2.75. The highest BCUT2D eigenvalue weighted by atomic mass is 32.2. The van der Waals surface area contributed by atoms with Crippen LogP contribution >= 0.6 is 0 Å². The summed E-state index contributed by atoms with van der Waals surface area (Å²) in [6.07, 6.45) is -2.33. The number of amides is 1. The van der Waals surface area contributed by atoms with Crippen molar-refractivity contribution in [1.82, 2.24) is 9.88 Å². The van der Waals surface area contributed by atoms with E-state index in [1.807, 2.05) is 0 Å². The number of piperidine rings is 1. The Morgan fingerprint density at radius 3 is 2.15 bits per heavy atom. The quantitative estimate of drug-likeness (QED) is 0.572. The van der Waals surface area contributed by atoms with Gasteiger partial charge in [0, 0.05) is 19.3 Å². The number of sulfone groups is 1. The third-order valence-electron chi connectivity index (χ3n) is 6.13. The zero-order valence-corrected chi connectivity index (χ0v) is 20.3. The SMILES string of the molecule is Cc1nc(S(C)(=O)=O)ccc1OC1CCC(OC2CCN(C(=O)OC(C)C(F)(F)F)CC2)CC1. The van der Waals surface area contributed by atoms with Gasteiger partial charge in [0.05, 0.1) is 24.0 Å². The summed E-state index contributed by atoms with van der Waals surface area (Å²) in [5, 5.41) is 0.0173. The van der Waals surface area contributed by atoms with Gasteiger partial charge in [0.1, 0.15) is 5.75 Å². The Bertz CT molecular complexity index is 956. The van der Waals surface area contributed by atoms with Gasteiger partial charge < -0.3 is 19.1 Å². The van der Waals surface area contributed by atoms with Crippen LogP contribution in [0.4, 0.5) is 18.0 Å². The Morgan fingerprint density at radius 2 is 1.62 bits per heavy atom. The minimum Gasteiger partial charge on any atom is -0.489 e. The number of aryl methyl sites for hydroxylation is 1. The van der Waals surface area contributed by atoms with Crippen molar-refractivity contribution in [3.05, 3.63) is 17.8 Å². The summed E-state index contributed by atoms with van der Waals surface area (Å²) in [6, 6.07) is 3.08. The third-order valence-corrected chi connectivity index (χ3v) is 7.12. The van der Waals surface area contributed by atoms with Gasteiger partial charge in [-0.1, -0.05) is 0 Å². The van der Waals surface area contributed by atoms with Crippen molar-refractivity contribution in [2.45, 2.75) is 88.0 Å². The number of nitrogens with zero attached hydrogens (tertiary/aromatic N) is 2. The van der Waals surface area contributed by atoms with E-state index < -0.39 is 28.2 Å². The number of halogens is 3. The predicted octanol–water partition coefficient (Wildman–Crippen LogP) is 4.05. The second kappa shape index (κ2) is 10.7. The molecule has 0 bridgehead atoms. The average molecular weight is 509 g/mol. The Morgan fingerprint density at radius 1 is 1.06 bits per heavy atom. The van der Waals surface area contributed by atoms with E-state index >= 15 is 0 Å². The van der Waals surface area contributed by atoms with Gasteiger partial charge in [-0.05, 0) is 64.5 Å². The second-order valence-electron chi connectivity index (χ2n) is 8.91. The Labute approximate surface area is 197 Å². The number of alkyl halides is 3. The monoisotopic (exact) mass is 508 g/mol. The van der Waals surface area contributed by atoms with E-state index in [9.17, 15) is 26.4 Å². The number of likely N-dealkylation sites (tertiary alicyclic amines) is 1. The Hall–Kier alpha value is -2.08. The van der Waals surface area contributed by atoms with Crippen LogP contribution in [-0.4, -0.2) is 74.3 Å². The first-order chi connectivity index (χ1) is 15.8. The van der Waals surface area contributed by atoms with Gasteiger partial charge in [-0.15, -0.1) is 0 Å². The molecule has 1 saturated heterocycles. The first kappa shape index (κ1) is 26.5. The van der Waals surface area contributed by atoms with Gasteiger partial charge in [0.25, 0.3) is 0 Å². The lowest BCUT2D eigenvalue weighted by Gasteiger charge is -2.36. The number of aromatic nitrogens is 1. The van der Waals surface area contributed by atoms with Crippen LogP contribution in [0.25, 0.3) is 0 Å². The van der Waals surface area contributed by atoms with E-state index in [1.165, 1.54) is 11.0 Å². The van der Waals surface area contributed by atoms with Crippen LogP contribution in [0.15, 0.2) is 17.2 Å². The summed E-state index contributed by atoms with van der Waals surface area (Å²) in [5.74, 6) is 0.566. The van der Waals surface area contributed by atoms with E-state index in [0.717, 1.165) is 38.9 Å². The molecule has 1 unspecified atom stereocenters.